The minimum atomic E-state index is 0.675. The first kappa shape index (κ1) is 16.7. The molecule has 0 bridgehead atoms. The highest BCUT2D eigenvalue weighted by atomic mass is 32.1. The molecule has 1 aliphatic rings. The molecule has 2 aromatic carbocycles. The Morgan fingerprint density at radius 1 is 1.00 bits per heavy atom. The molecule has 0 radical (unpaired) electrons. The molecule has 0 fully saturated rings. The van der Waals surface area contributed by atoms with Crippen LogP contribution in [-0.4, -0.2) is 16.6 Å². The molecule has 2 nitrogen and oxygen atoms in total. The van der Waals surface area contributed by atoms with Crippen molar-refractivity contribution in [2.75, 3.05) is 11.9 Å². The molecule has 0 saturated carbocycles. The lowest BCUT2D eigenvalue weighted by Gasteiger charge is -2.30. The maximum absolute atomic E-state index is 5.72. The van der Waals surface area contributed by atoms with Gasteiger partial charge in [0, 0.05) is 18.8 Å². The summed E-state index contributed by atoms with van der Waals surface area (Å²) in [4.78, 5) is 2.31. The fourth-order valence-electron chi connectivity index (χ4n) is 3.08. The third kappa shape index (κ3) is 4.93. The Hall–Kier alpha value is -2.13. The number of nitrogens with zero attached hydrogens (tertiary/aromatic N) is 1. The van der Waals surface area contributed by atoms with Crippen LogP contribution in [-0.2, 0) is 6.54 Å². The van der Waals surface area contributed by atoms with Gasteiger partial charge in [-0.05, 0) is 55.1 Å². The van der Waals surface area contributed by atoms with Crippen LogP contribution >= 0.6 is 12.2 Å². The molecule has 0 spiro atoms. The zero-order valence-electron chi connectivity index (χ0n) is 13.9. The normalized spacial score (nSPS) is 16.6. The van der Waals surface area contributed by atoms with E-state index in [0.29, 0.717) is 5.92 Å². The van der Waals surface area contributed by atoms with E-state index in [9.17, 15) is 0 Å². The van der Waals surface area contributed by atoms with Crippen LogP contribution in [0.1, 0.15) is 24.8 Å². The smallest absolute Gasteiger partial charge is 0.173 e. The third-order valence-electron chi connectivity index (χ3n) is 4.38. The lowest BCUT2D eigenvalue weighted by atomic mass is 9.94. The molecular weight excluding hydrogens is 312 g/mol. The molecule has 1 N–H and O–H groups in total. The Labute approximate surface area is 150 Å². The number of rotatable bonds is 5. The highest BCUT2D eigenvalue weighted by Gasteiger charge is 2.17. The zero-order chi connectivity index (χ0) is 16.6. The van der Waals surface area contributed by atoms with E-state index < -0.39 is 0 Å². The van der Waals surface area contributed by atoms with E-state index >= 15 is 0 Å². The number of para-hydroxylation sites is 1. The Morgan fingerprint density at radius 3 is 2.38 bits per heavy atom. The monoisotopic (exact) mass is 336 g/mol. The molecule has 124 valence electrons. The molecule has 1 aliphatic carbocycles. The molecule has 2 aromatic rings. The molecule has 0 amide bonds. The first-order valence-electron chi connectivity index (χ1n) is 8.61. The number of allylic oxidation sites excluding steroid dienone is 2. The summed E-state index contributed by atoms with van der Waals surface area (Å²) in [5.41, 5.74) is 2.34. The van der Waals surface area contributed by atoms with Crippen molar-refractivity contribution in [1.29, 1.82) is 0 Å². The standard InChI is InChI=1S/C21H24N2S/c24-21(22-20-14-8-3-9-15-20)23(16-18-10-4-1-5-11-18)17-19-12-6-2-7-13-19/h1-6,8-11,14-15,19H,7,12-13,16-17H2,(H,22,24)/t19-/m1/s1. The van der Waals surface area contributed by atoms with Crippen molar-refractivity contribution in [3.63, 3.8) is 0 Å². The number of nitrogens with one attached hydrogen (secondary N) is 1. The fourth-order valence-corrected chi connectivity index (χ4v) is 3.34. The van der Waals surface area contributed by atoms with Crippen molar-refractivity contribution in [1.82, 2.24) is 4.90 Å². The van der Waals surface area contributed by atoms with E-state index in [-0.39, 0.29) is 0 Å². The molecule has 0 aliphatic heterocycles. The van der Waals surface area contributed by atoms with Gasteiger partial charge in [0.15, 0.2) is 5.11 Å². The summed E-state index contributed by atoms with van der Waals surface area (Å²) in [7, 11) is 0. The van der Waals surface area contributed by atoms with Gasteiger partial charge in [0.2, 0.25) is 0 Å². The van der Waals surface area contributed by atoms with Gasteiger partial charge < -0.3 is 10.2 Å². The van der Waals surface area contributed by atoms with E-state index in [1.165, 1.54) is 18.4 Å². The van der Waals surface area contributed by atoms with Gasteiger partial charge in [0.25, 0.3) is 0 Å². The molecule has 1 atom stereocenters. The van der Waals surface area contributed by atoms with Crippen molar-refractivity contribution >= 4 is 23.0 Å². The lowest BCUT2D eigenvalue weighted by molar-refractivity contribution is 0.319. The summed E-state index contributed by atoms with van der Waals surface area (Å²) in [5.74, 6) is 0.675. The second kappa shape index (κ2) is 8.65. The summed E-state index contributed by atoms with van der Waals surface area (Å²) in [5, 5.41) is 4.20. The first-order valence-corrected chi connectivity index (χ1v) is 9.02. The quantitative estimate of drug-likeness (QED) is 0.593. The van der Waals surface area contributed by atoms with Gasteiger partial charge in [-0.15, -0.1) is 0 Å². The molecule has 3 rings (SSSR count). The second-order valence-corrected chi connectivity index (χ2v) is 6.70. The van der Waals surface area contributed by atoms with Crippen molar-refractivity contribution in [2.45, 2.75) is 25.8 Å². The van der Waals surface area contributed by atoms with Crippen molar-refractivity contribution in [3.05, 3.63) is 78.4 Å². The van der Waals surface area contributed by atoms with Crippen molar-refractivity contribution in [3.8, 4) is 0 Å². The molecule has 0 saturated heterocycles. The van der Waals surface area contributed by atoms with Gasteiger partial charge in [-0.2, -0.15) is 0 Å². The molecule has 24 heavy (non-hydrogen) atoms. The summed E-state index contributed by atoms with van der Waals surface area (Å²) in [6, 6.07) is 20.7. The molecule has 3 heteroatoms. The van der Waals surface area contributed by atoms with E-state index in [1.807, 2.05) is 18.2 Å². The van der Waals surface area contributed by atoms with Crippen LogP contribution in [0.5, 0.6) is 0 Å². The Bertz CT molecular complexity index is 667. The molecule has 0 heterocycles. The number of hydrogen-bond acceptors (Lipinski definition) is 1. The predicted molar refractivity (Wildman–Crippen MR) is 106 cm³/mol. The van der Waals surface area contributed by atoms with Gasteiger partial charge in [-0.3, -0.25) is 0 Å². The maximum atomic E-state index is 5.72. The number of hydrogen-bond donors (Lipinski definition) is 1. The Balaban J connectivity index is 1.70. The second-order valence-electron chi connectivity index (χ2n) is 6.31. The zero-order valence-corrected chi connectivity index (χ0v) is 14.7. The lowest BCUT2D eigenvalue weighted by Crippen LogP contribution is -2.38. The minimum Gasteiger partial charge on any atom is -0.344 e. The van der Waals surface area contributed by atoms with Gasteiger partial charge in [0.05, 0.1) is 0 Å². The Morgan fingerprint density at radius 2 is 1.71 bits per heavy atom. The maximum Gasteiger partial charge on any atom is 0.173 e. The van der Waals surface area contributed by atoms with E-state index in [0.717, 1.165) is 30.3 Å². The highest BCUT2D eigenvalue weighted by Crippen LogP contribution is 2.21. The van der Waals surface area contributed by atoms with Crippen molar-refractivity contribution < 1.29 is 0 Å². The fraction of sp³-hybridized carbons (Fsp3) is 0.286. The van der Waals surface area contributed by atoms with Gasteiger partial charge >= 0.3 is 0 Å². The van der Waals surface area contributed by atoms with Crippen LogP contribution in [0.4, 0.5) is 5.69 Å². The molecular formula is C21H24N2S. The van der Waals surface area contributed by atoms with Crippen LogP contribution in [0, 0.1) is 5.92 Å². The van der Waals surface area contributed by atoms with Crippen LogP contribution in [0.25, 0.3) is 0 Å². The third-order valence-corrected chi connectivity index (χ3v) is 4.75. The summed E-state index contributed by atoms with van der Waals surface area (Å²) in [6.07, 6.45) is 8.18. The average Bonchev–Trinajstić information content (AvgIpc) is 2.64. The number of thiocarbonyl (C=S) groups is 1. The van der Waals surface area contributed by atoms with Crippen LogP contribution in [0.2, 0.25) is 0 Å². The van der Waals surface area contributed by atoms with Crippen molar-refractivity contribution in [2.24, 2.45) is 5.92 Å². The van der Waals surface area contributed by atoms with Gasteiger partial charge in [0.1, 0.15) is 0 Å². The summed E-state index contributed by atoms with van der Waals surface area (Å²) >= 11 is 5.72. The number of anilines is 1. The highest BCUT2D eigenvalue weighted by molar-refractivity contribution is 7.80. The largest absolute Gasteiger partial charge is 0.344 e. The predicted octanol–water partition coefficient (Wildman–Crippen LogP) is 5.24. The minimum absolute atomic E-state index is 0.675. The summed E-state index contributed by atoms with van der Waals surface area (Å²) in [6.45, 7) is 1.84. The van der Waals surface area contributed by atoms with Gasteiger partial charge in [-0.25, -0.2) is 0 Å². The van der Waals surface area contributed by atoms with E-state index in [1.54, 1.807) is 0 Å². The van der Waals surface area contributed by atoms with E-state index in [4.69, 9.17) is 12.2 Å². The molecule has 0 unspecified atom stereocenters. The van der Waals surface area contributed by atoms with Crippen LogP contribution < -0.4 is 5.32 Å². The summed E-state index contributed by atoms with van der Waals surface area (Å²) < 4.78 is 0. The van der Waals surface area contributed by atoms with Gasteiger partial charge in [-0.1, -0.05) is 60.7 Å². The van der Waals surface area contributed by atoms with E-state index in [2.05, 4.69) is 64.8 Å². The average molecular weight is 337 g/mol. The topological polar surface area (TPSA) is 15.3 Å². The Kier molecular flexibility index (Phi) is 6.02. The van der Waals surface area contributed by atoms with Crippen LogP contribution in [0.15, 0.2) is 72.8 Å². The molecule has 0 aromatic heterocycles. The van der Waals surface area contributed by atoms with Crippen LogP contribution in [0.3, 0.4) is 0 Å². The SMILES string of the molecule is S=C(Nc1ccccc1)N(Cc1ccccc1)C[C@@H]1CC=CCC1. The number of benzene rings is 2. The first-order chi connectivity index (χ1) is 11.8.